The second-order valence-corrected chi connectivity index (χ2v) is 5.60. The number of rotatable bonds is 4. The number of nitrogens with one attached hydrogen (secondary N) is 1. The Balaban J connectivity index is 1.75. The summed E-state index contributed by atoms with van der Waals surface area (Å²) in [5.41, 5.74) is 0.615. The Morgan fingerprint density at radius 2 is 2.05 bits per heavy atom. The number of para-hydroxylation sites is 1. The van der Waals surface area contributed by atoms with Crippen LogP contribution in [0.5, 0.6) is 5.75 Å². The van der Waals surface area contributed by atoms with Gasteiger partial charge in [0.05, 0.1) is 0 Å². The molecule has 2 heterocycles. The van der Waals surface area contributed by atoms with Crippen LogP contribution in [0.2, 0.25) is 0 Å². The SMILES string of the molecule is O=C1C[C@@H]2CC[C@H](CN1Cc1ccccc1OC(F)F)N2. The lowest BCUT2D eigenvalue weighted by Gasteiger charge is -2.25. The third-order valence-corrected chi connectivity index (χ3v) is 4.10. The molecular weight excluding hydrogens is 278 g/mol. The zero-order valence-corrected chi connectivity index (χ0v) is 11.6. The summed E-state index contributed by atoms with van der Waals surface area (Å²) in [6.07, 6.45) is 2.58. The van der Waals surface area contributed by atoms with Gasteiger partial charge in [-0.15, -0.1) is 0 Å². The van der Waals surface area contributed by atoms with Crippen LogP contribution >= 0.6 is 0 Å². The highest BCUT2D eigenvalue weighted by molar-refractivity contribution is 5.77. The van der Waals surface area contributed by atoms with Crippen LogP contribution in [0, 0.1) is 0 Å². The zero-order valence-electron chi connectivity index (χ0n) is 11.6. The Bertz CT molecular complexity index is 524. The first-order valence-electron chi connectivity index (χ1n) is 7.18. The summed E-state index contributed by atoms with van der Waals surface area (Å²) in [5.74, 6) is 0.212. The average molecular weight is 296 g/mol. The summed E-state index contributed by atoms with van der Waals surface area (Å²) in [5, 5.41) is 3.43. The number of carbonyl (C=O) groups excluding carboxylic acids is 1. The molecule has 2 saturated heterocycles. The number of nitrogens with zero attached hydrogens (tertiary/aromatic N) is 1. The summed E-state index contributed by atoms with van der Waals surface area (Å²) >= 11 is 0. The number of halogens is 2. The minimum Gasteiger partial charge on any atom is -0.434 e. The summed E-state index contributed by atoms with van der Waals surface area (Å²) in [4.78, 5) is 14.0. The van der Waals surface area contributed by atoms with Gasteiger partial charge >= 0.3 is 6.61 Å². The molecule has 114 valence electrons. The van der Waals surface area contributed by atoms with Crippen molar-refractivity contribution in [2.75, 3.05) is 6.54 Å². The largest absolute Gasteiger partial charge is 0.434 e. The quantitative estimate of drug-likeness (QED) is 0.925. The number of benzene rings is 1. The summed E-state index contributed by atoms with van der Waals surface area (Å²) in [6, 6.07) is 7.22. The van der Waals surface area contributed by atoms with Gasteiger partial charge in [-0.1, -0.05) is 18.2 Å². The predicted octanol–water partition coefficient (Wildman–Crippen LogP) is 2.14. The van der Waals surface area contributed by atoms with E-state index in [1.165, 1.54) is 6.07 Å². The van der Waals surface area contributed by atoms with E-state index >= 15 is 0 Å². The van der Waals surface area contributed by atoms with Crippen molar-refractivity contribution < 1.29 is 18.3 Å². The van der Waals surface area contributed by atoms with Crippen LogP contribution in [0.4, 0.5) is 8.78 Å². The molecule has 1 amide bonds. The molecule has 2 aliphatic rings. The van der Waals surface area contributed by atoms with E-state index in [0.29, 0.717) is 31.1 Å². The van der Waals surface area contributed by atoms with E-state index < -0.39 is 6.61 Å². The molecule has 0 unspecified atom stereocenters. The average Bonchev–Trinajstić information content (AvgIpc) is 2.79. The first-order valence-corrected chi connectivity index (χ1v) is 7.18. The fraction of sp³-hybridized carbons (Fsp3) is 0.533. The van der Waals surface area contributed by atoms with Crippen LogP contribution < -0.4 is 10.1 Å². The standard InChI is InChI=1S/C15H18F2N2O2/c16-15(17)21-13-4-2-1-3-10(13)8-19-9-12-6-5-11(18-12)7-14(19)20/h1-4,11-12,15,18H,5-9H2/t11-,12+/m0/s1. The normalized spacial score (nSPS) is 25.3. The van der Waals surface area contributed by atoms with Gasteiger partial charge in [0.15, 0.2) is 0 Å². The topological polar surface area (TPSA) is 41.6 Å². The van der Waals surface area contributed by atoms with Gasteiger partial charge in [0.1, 0.15) is 5.75 Å². The van der Waals surface area contributed by atoms with Crippen LogP contribution in [-0.4, -0.2) is 36.0 Å². The minimum atomic E-state index is -2.86. The van der Waals surface area contributed by atoms with Crippen LogP contribution in [0.25, 0.3) is 0 Å². The first-order chi connectivity index (χ1) is 10.1. The van der Waals surface area contributed by atoms with Gasteiger partial charge in [0.25, 0.3) is 0 Å². The molecule has 2 atom stereocenters. The molecule has 3 rings (SSSR count). The molecule has 21 heavy (non-hydrogen) atoms. The summed E-state index contributed by atoms with van der Waals surface area (Å²) < 4.78 is 29.4. The number of ether oxygens (including phenoxy) is 1. The van der Waals surface area contributed by atoms with E-state index in [1.54, 1.807) is 23.1 Å². The second-order valence-electron chi connectivity index (χ2n) is 5.60. The van der Waals surface area contributed by atoms with E-state index in [4.69, 9.17) is 0 Å². The molecule has 1 N–H and O–H groups in total. The van der Waals surface area contributed by atoms with Crippen molar-refractivity contribution in [2.45, 2.75) is 44.5 Å². The Hall–Kier alpha value is -1.69. The van der Waals surface area contributed by atoms with E-state index in [2.05, 4.69) is 10.1 Å². The molecule has 0 aromatic heterocycles. The van der Waals surface area contributed by atoms with Crippen LogP contribution in [0.1, 0.15) is 24.8 Å². The van der Waals surface area contributed by atoms with E-state index in [0.717, 1.165) is 12.8 Å². The van der Waals surface area contributed by atoms with E-state index in [-0.39, 0.29) is 17.7 Å². The van der Waals surface area contributed by atoms with Gasteiger partial charge in [-0.3, -0.25) is 4.79 Å². The van der Waals surface area contributed by atoms with Crippen molar-refractivity contribution >= 4 is 5.91 Å². The van der Waals surface area contributed by atoms with Crippen LogP contribution in [0.3, 0.4) is 0 Å². The van der Waals surface area contributed by atoms with Crippen LogP contribution in [0.15, 0.2) is 24.3 Å². The Labute approximate surface area is 122 Å². The maximum Gasteiger partial charge on any atom is 0.387 e. The molecule has 1 aromatic rings. The number of carbonyl (C=O) groups is 1. The highest BCUT2D eigenvalue weighted by atomic mass is 19.3. The molecule has 4 nitrogen and oxygen atoms in total. The molecule has 2 aliphatic heterocycles. The van der Waals surface area contributed by atoms with Crippen molar-refractivity contribution in [3.8, 4) is 5.75 Å². The van der Waals surface area contributed by atoms with Crippen molar-refractivity contribution in [3.05, 3.63) is 29.8 Å². The van der Waals surface area contributed by atoms with Crippen molar-refractivity contribution in [1.29, 1.82) is 0 Å². The fourth-order valence-corrected chi connectivity index (χ4v) is 3.12. The van der Waals surface area contributed by atoms with Gasteiger partial charge in [-0.25, -0.2) is 0 Å². The molecule has 1 aromatic carbocycles. The maximum atomic E-state index is 12.4. The molecule has 0 radical (unpaired) electrons. The monoisotopic (exact) mass is 296 g/mol. The molecule has 0 saturated carbocycles. The number of likely N-dealkylation sites (tertiary alicyclic amines) is 1. The minimum absolute atomic E-state index is 0.0709. The van der Waals surface area contributed by atoms with Crippen LogP contribution in [-0.2, 0) is 11.3 Å². The van der Waals surface area contributed by atoms with E-state index in [1.807, 2.05) is 0 Å². The van der Waals surface area contributed by atoms with Crippen molar-refractivity contribution in [2.24, 2.45) is 0 Å². The number of hydrogen-bond donors (Lipinski definition) is 1. The molecule has 0 spiro atoms. The van der Waals surface area contributed by atoms with Gasteiger partial charge in [-0.2, -0.15) is 8.78 Å². The molecular formula is C15H18F2N2O2. The first kappa shape index (κ1) is 14.3. The van der Waals surface area contributed by atoms with Gasteiger partial charge < -0.3 is 15.0 Å². The summed E-state index contributed by atoms with van der Waals surface area (Å²) in [7, 11) is 0. The summed E-state index contributed by atoms with van der Waals surface area (Å²) in [6.45, 7) is -1.92. The number of alkyl halides is 2. The third kappa shape index (κ3) is 3.32. The Morgan fingerprint density at radius 1 is 1.29 bits per heavy atom. The van der Waals surface area contributed by atoms with Crippen molar-refractivity contribution in [1.82, 2.24) is 10.2 Å². The molecule has 2 bridgehead atoms. The highest BCUT2D eigenvalue weighted by Gasteiger charge is 2.33. The lowest BCUT2D eigenvalue weighted by atomic mass is 10.1. The Kier molecular flexibility index (Phi) is 4.05. The molecule has 0 aliphatic carbocycles. The van der Waals surface area contributed by atoms with Gasteiger partial charge in [-0.05, 0) is 18.9 Å². The lowest BCUT2D eigenvalue weighted by Crippen LogP contribution is -2.37. The van der Waals surface area contributed by atoms with E-state index in [9.17, 15) is 13.6 Å². The second kappa shape index (κ2) is 5.97. The molecule has 6 heteroatoms. The number of amides is 1. The highest BCUT2D eigenvalue weighted by Crippen LogP contribution is 2.26. The smallest absolute Gasteiger partial charge is 0.387 e. The number of fused-ring (bicyclic) bond motifs is 2. The molecule has 2 fully saturated rings. The van der Waals surface area contributed by atoms with Crippen molar-refractivity contribution in [3.63, 3.8) is 0 Å². The number of hydrogen-bond acceptors (Lipinski definition) is 3. The van der Waals surface area contributed by atoms with Gasteiger partial charge in [0.2, 0.25) is 5.91 Å². The fourth-order valence-electron chi connectivity index (χ4n) is 3.12. The zero-order chi connectivity index (χ0) is 14.8. The predicted molar refractivity (Wildman–Crippen MR) is 73.1 cm³/mol. The van der Waals surface area contributed by atoms with Gasteiger partial charge in [0, 0.05) is 37.2 Å². The maximum absolute atomic E-state index is 12.4. The third-order valence-electron chi connectivity index (χ3n) is 4.10. The Morgan fingerprint density at radius 3 is 2.86 bits per heavy atom. The lowest BCUT2D eigenvalue weighted by molar-refractivity contribution is -0.131.